The number of aliphatic hydroxyl groups excluding tert-OH is 1. The number of hydrogen-bond donors (Lipinski definition) is 8. The molecule has 22 nitrogen and oxygen atoms in total. The highest BCUT2D eigenvalue weighted by Crippen LogP contribution is 2.30. The van der Waals surface area contributed by atoms with E-state index >= 15 is 0 Å². The molecule has 1 unspecified atom stereocenters. The lowest BCUT2D eigenvalue weighted by atomic mass is 9.89. The number of nitrogens with two attached hydrogens (primary N) is 2. The molecule has 0 bridgehead atoms. The van der Waals surface area contributed by atoms with Gasteiger partial charge in [-0.25, -0.2) is 9.59 Å². The van der Waals surface area contributed by atoms with E-state index in [-0.39, 0.29) is 49.6 Å². The number of benzene rings is 2. The maximum Gasteiger partial charge on any atom is 0.410 e. The molecule has 9 amide bonds. The summed E-state index contributed by atoms with van der Waals surface area (Å²) in [5.74, 6) is -4.32. The average molecular weight is 1120 g/mol. The van der Waals surface area contributed by atoms with Crippen molar-refractivity contribution in [1.29, 1.82) is 0 Å². The van der Waals surface area contributed by atoms with Crippen molar-refractivity contribution in [2.24, 2.45) is 41.1 Å². The second-order valence-corrected chi connectivity index (χ2v) is 22.3. The minimum Gasteiger partial charge on any atom is -0.445 e. The number of carbonyl (C=O) groups is 8. The van der Waals surface area contributed by atoms with E-state index in [0.717, 1.165) is 0 Å². The molecule has 1 heterocycles. The Hall–Kier alpha value is -6.36. The lowest BCUT2D eigenvalue weighted by Crippen LogP contribution is -2.60. The van der Waals surface area contributed by atoms with Crippen LogP contribution in [0.25, 0.3) is 0 Å². The number of amides is 9. The van der Waals surface area contributed by atoms with Gasteiger partial charge in [0, 0.05) is 47.1 Å². The van der Waals surface area contributed by atoms with Crippen LogP contribution in [-0.2, 0) is 49.6 Å². The number of nitrogens with zero attached hydrogens (tertiary/aromatic N) is 3. The van der Waals surface area contributed by atoms with Gasteiger partial charge in [-0.3, -0.25) is 33.7 Å². The predicted molar refractivity (Wildman–Crippen MR) is 305 cm³/mol. The Morgan fingerprint density at radius 2 is 1.41 bits per heavy atom. The molecule has 1 aliphatic rings. The zero-order valence-corrected chi connectivity index (χ0v) is 49.7. The van der Waals surface area contributed by atoms with Gasteiger partial charge in [0.2, 0.25) is 35.4 Å². The lowest BCUT2D eigenvalue weighted by molar-refractivity contribution is -0.148. The Morgan fingerprint density at radius 3 is 1.96 bits per heavy atom. The van der Waals surface area contributed by atoms with E-state index in [2.05, 4.69) is 26.6 Å². The third-order valence-electron chi connectivity index (χ3n) is 15.3. The van der Waals surface area contributed by atoms with Gasteiger partial charge in [-0.15, -0.1) is 0 Å². The predicted octanol–water partition coefficient (Wildman–Crippen LogP) is 4.43. The van der Waals surface area contributed by atoms with Crippen molar-refractivity contribution in [2.75, 3.05) is 46.7 Å². The molecule has 0 spiro atoms. The summed E-state index contributed by atoms with van der Waals surface area (Å²) in [6, 6.07) is 9.37. The van der Waals surface area contributed by atoms with Gasteiger partial charge in [0.25, 0.3) is 0 Å². The molecule has 2 aromatic carbocycles. The fourth-order valence-corrected chi connectivity index (χ4v) is 10.2. The topological polar surface area (TPSA) is 306 Å². The Kier molecular flexibility index (Phi) is 27.8. The van der Waals surface area contributed by atoms with Gasteiger partial charge in [-0.05, 0) is 79.5 Å². The van der Waals surface area contributed by atoms with Crippen molar-refractivity contribution in [3.05, 3.63) is 65.7 Å². The van der Waals surface area contributed by atoms with Gasteiger partial charge in [-0.1, -0.05) is 111 Å². The van der Waals surface area contributed by atoms with Gasteiger partial charge in [-0.2, -0.15) is 0 Å². The fourth-order valence-electron chi connectivity index (χ4n) is 10.2. The third-order valence-corrected chi connectivity index (χ3v) is 15.3. The Labute approximate surface area is 473 Å². The zero-order valence-electron chi connectivity index (χ0n) is 49.7. The molecule has 0 aromatic heterocycles. The number of primary amides is 1. The summed E-state index contributed by atoms with van der Waals surface area (Å²) in [4.78, 5) is 112. The second-order valence-electron chi connectivity index (χ2n) is 22.3. The smallest absolute Gasteiger partial charge is 0.410 e. The Bertz CT molecular complexity index is 2320. The molecule has 3 rings (SSSR count). The van der Waals surface area contributed by atoms with Crippen molar-refractivity contribution in [3.63, 3.8) is 0 Å². The van der Waals surface area contributed by atoms with Gasteiger partial charge in [0.1, 0.15) is 24.7 Å². The highest BCUT2D eigenvalue weighted by molar-refractivity contribution is 5.98. The maximum absolute atomic E-state index is 14.7. The molecule has 448 valence electrons. The van der Waals surface area contributed by atoms with Crippen molar-refractivity contribution in [1.82, 2.24) is 36.0 Å². The van der Waals surface area contributed by atoms with Crippen molar-refractivity contribution in [2.45, 2.75) is 175 Å². The molecule has 80 heavy (non-hydrogen) atoms. The number of anilines is 1. The number of aliphatic hydroxyl groups is 1. The summed E-state index contributed by atoms with van der Waals surface area (Å²) >= 11 is 0. The number of hydrogen-bond acceptors (Lipinski definition) is 13. The van der Waals surface area contributed by atoms with E-state index in [0.29, 0.717) is 49.0 Å². The number of nitrogens with one attached hydrogen (secondary N) is 5. The van der Waals surface area contributed by atoms with E-state index in [4.69, 9.17) is 25.7 Å². The average Bonchev–Trinajstić information content (AvgIpc) is 3.91. The number of ether oxygens (including phenoxy) is 3. The van der Waals surface area contributed by atoms with Crippen LogP contribution in [0.5, 0.6) is 0 Å². The summed E-state index contributed by atoms with van der Waals surface area (Å²) in [5.41, 5.74) is 12.8. The van der Waals surface area contributed by atoms with Crippen molar-refractivity contribution < 1.29 is 57.7 Å². The van der Waals surface area contributed by atoms with Crippen LogP contribution in [0.4, 0.5) is 15.3 Å². The van der Waals surface area contributed by atoms with E-state index in [1.807, 2.05) is 45.9 Å². The van der Waals surface area contributed by atoms with Crippen LogP contribution in [0.2, 0.25) is 0 Å². The van der Waals surface area contributed by atoms with Crippen LogP contribution < -0.4 is 38.1 Å². The van der Waals surface area contributed by atoms with Crippen molar-refractivity contribution >= 4 is 53.3 Å². The summed E-state index contributed by atoms with van der Waals surface area (Å²) < 4.78 is 17.7. The molecule has 1 saturated heterocycles. The first-order valence-corrected chi connectivity index (χ1v) is 28.0. The zero-order chi connectivity index (χ0) is 60.1. The molecule has 0 saturated carbocycles. The first kappa shape index (κ1) is 67.9. The number of carbonyl (C=O) groups excluding carboxylic acids is 8. The lowest BCUT2D eigenvalue weighted by Gasteiger charge is -2.41. The molecule has 1 aliphatic heterocycles. The SMILES string of the molecule is CCC(C)[C@@H]([C@@H](CC(=O)N1CCC[C@H]1[C@H](OC)[C@@H](C)C(=O)N[C@H](C)[C@@H](O)c1ccccc1)OC)N(C)C(=O)[C@@H](NC(=O)[C@H](C(C)C)N(C)C(=O)OCc1ccc(NC(=O)[C@H](CCCNC(N)=O)NC(=O)[C@@H](N)C(C)C)cc1)C(C)C. The molecule has 1 fully saturated rings. The maximum atomic E-state index is 14.7. The Morgan fingerprint density at radius 1 is 0.775 bits per heavy atom. The highest BCUT2D eigenvalue weighted by atomic mass is 16.6. The van der Waals surface area contributed by atoms with Crippen LogP contribution in [0.3, 0.4) is 0 Å². The number of likely N-dealkylation sites (N-methyl/N-ethyl adjacent to an activating group) is 2. The fraction of sp³-hybridized carbons (Fsp3) is 0.655. The minimum atomic E-state index is -1.05. The molecule has 10 N–H and O–H groups in total. The van der Waals surface area contributed by atoms with Crippen LogP contribution in [-0.4, -0.2) is 163 Å². The van der Waals surface area contributed by atoms with Crippen LogP contribution in [0.15, 0.2) is 54.6 Å². The van der Waals surface area contributed by atoms with Gasteiger partial charge < -0.3 is 67.2 Å². The normalized spacial score (nSPS) is 17.6. The van der Waals surface area contributed by atoms with Crippen LogP contribution >= 0.6 is 0 Å². The molecule has 2 aromatic rings. The second kappa shape index (κ2) is 32.8. The monoisotopic (exact) mass is 1120 g/mol. The third kappa shape index (κ3) is 19.4. The summed E-state index contributed by atoms with van der Waals surface area (Å²) in [7, 11) is 6.12. The van der Waals surface area contributed by atoms with Gasteiger partial charge in [0.15, 0.2) is 0 Å². The van der Waals surface area contributed by atoms with Crippen molar-refractivity contribution in [3.8, 4) is 0 Å². The molecule has 0 aliphatic carbocycles. The molecular weight excluding hydrogens is 1030 g/mol. The van der Waals surface area contributed by atoms with Crippen LogP contribution in [0, 0.1) is 29.6 Å². The first-order valence-electron chi connectivity index (χ1n) is 28.0. The number of rotatable bonds is 31. The standard InChI is InChI=1S/C58H94N10O12/c1-15-36(8)49(44(78-13)31-45(69)68-30-20-24-43(68)51(79-14)37(9)52(71)62-38(10)50(70)40-21-17-16-18-22-40)66(11)56(75)47(34(4)5)65-55(74)48(35(6)7)67(12)58(77)80-32-39-25-27-41(28-26-39)63-53(72)42(23-19-29-61-57(60)76)64-54(73)46(59)33(2)3/h16-18,21-22,25-28,33-38,42-44,46-51,70H,15,19-20,23-24,29-32,59H2,1-14H3,(H,62,71)(H,63,72)(H,64,73)(H,65,74)(H3,60,61,76)/t36?,37-,38-,42+,43+,44-,46+,47+,48+,49+,50-,51-/m1/s1. The van der Waals surface area contributed by atoms with Crippen LogP contribution in [0.1, 0.15) is 125 Å². The summed E-state index contributed by atoms with van der Waals surface area (Å²) in [5, 5.41) is 24.8. The van der Waals surface area contributed by atoms with E-state index in [1.165, 1.54) is 26.2 Å². The molecular formula is C58H94N10O12. The largest absolute Gasteiger partial charge is 0.445 e. The number of urea groups is 1. The summed E-state index contributed by atoms with van der Waals surface area (Å²) in [6.07, 6.45) is -0.736. The number of likely N-dealkylation sites (tertiary alicyclic amines) is 1. The van der Waals surface area contributed by atoms with E-state index in [1.54, 1.807) is 94.8 Å². The highest BCUT2D eigenvalue weighted by Gasteiger charge is 2.44. The molecule has 0 radical (unpaired) electrons. The van der Waals surface area contributed by atoms with Gasteiger partial charge in [0.05, 0.1) is 54.8 Å². The minimum absolute atomic E-state index is 0.0747. The van der Waals surface area contributed by atoms with Gasteiger partial charge >= 0.3 is 12.1 Å². The molecule has 22 heteroatoms. The number of methoxy groups -OCH3 is 2. The summed E-state index contributed by atoms with van der Waals surface area (Å²) in [6.45, 7) is 18.7. The Balaban J connectivity index is 1.70. The van der Waals surface area contributed by atoms with E-state index < -0.39 is 114 Å². The quantitative estimate of drug-likeness (QED) is 0.0485. The molecule has 12 atom stereocenters. The first-order chi connectivity index (χ1) is 37.7. The van der Waals surface area contributed by atoms with E-state index in [9.17, 15) is 43.5 Å².